The summed E-state index contributed by atoms with van der Waals surface area (Å²) in [6, 6.07) is 0.396. The van der Waals surface area contributed by atoms with E-state index in [-0.39, 0.29) is 12.1 Å². The van der Waals surface area contributed by atoms with Crippen LogP contribution in [0.2, 0.25) is 0 Å². The molecular formula is C15H30N2O2. The van der Waals surface area contributed by atoms with Gasteiger partial charge in [0.1, 0.15) is 0 Å². The molecule has 2 N–H and O–H groups in total. The number of aliphatic hydroxyl groups excluding tert-OH is 1. The van der Waals surface area contributed by atoms with Crippen molar-refractivity contribution >= 4 is 6.03 Å². The quantitative estimate of drug-likeness (QED) is 0.825. The van der Waals surface area contributed by atoms with Crippen LogP contribution in [-0.2, 0) is 0 Å². The minimum absolute atomic E-state index is 0.0264. The number of amides is 2. The van der Waals surface area contributed by atoms with Gasteiger partial charge in [-0.05, 0) is 33.6 Å². The van der Waals surface area contributed by atoms with Crippen LogP contribution in [0, 0.1) is 0 Å². The lowest BCUT2D eigenvalue weighted by Crippen LogP contribution is -2.50. The predicted octanol–water partition coefficient (Wildman–Crippen LogP) is 2.90. The monoisotopic (exact) mass is 270 g/mol. The largest absolute Gasteiger partial charge is 0.392 e. The van der Waals surface area contributed by atoms with Crippen LogP contribution in [0.5, 0.6) is 0 Å². The van der Waals surface area contributed by atoms with Crippen LogP contribution in [0.3, 0.4) is 0 Å². The zero-order valence-corrected chi connectivity index (χ0v) is 12.7. The third-order valence-corrected chi connectivity index (χ3v) is 3.78. The molecule has 4 nitrogen and oxygen atoms in total. The maximum atomic E-state index is 12.3. The Labute approximate surface area is 117 Å². The van der Waals surface area contributed by atoms with Crippen LogP contribution in [0.15, 0.2) is 0 Å². The van der Waals surface area contributed by atoms with Crippen molar-refractivity contribution in [1.29, 1.82) is 0 Å². The Hall–Kier alpha value is -0.770. The van der Waals surface area contributed by atoms with Gasteiger partial charge in [-0.15, -0.1) is 0 Å². The van der Waals surface area contributed by atoms with Crippen LogP contribution in [0.1, 0.15) is 65.7 Å². The van der Waals surface area contributed by atoms with Gasteiger partial charge in [0, 0.05) is 18.6 Å². The van der Waals surface area contributed by atoms with E-state index in [9.17, 15) is 9.90 Å². The molecule has 0 bridgehead atoms. The van der Waals surface area contributed by atoms with E-state index in [0.717, 1.165) is 12.8 Å². The SMILES string of the molecule is CC(O)CN(C(=O)NC1CCCCCCC1)C(C)C. The highest BCUT2D eigenvalue weighted by atomic mass is 16.3. The van der Waals surface area contributed by atoms with Crippen LogP contribution >= 0.6 is 0 Å². The van der Waals surface area contributed by atoms with Crippen molar-refractivity contribution in [3.05, 3.63) is 0 Å². The van der Waals surface area contributed by atoms with Crippen molar-refractivity contribution < 1.29 is 9.90 Å². The third-order valence-electron chi connectivity index (χ3n) is 3.78. The second-order valence-electron chi connectivity index (χ2n) is 6.09. The van der Waals surface area contributed by atoms with E-state index in [2.05, 4.69) is 5.32 Å². The predicted molar refractivity (Wildman–Crippen MR) is 78.2 cm³/mol. The number of nitrogens with zero attached hydrogens (tertiary/aromatic N) is 1. The minimum atomic E-state index is -0.481. The van der Waals surface area contributed by atoms with Gasteiger partial charge in [-0.3, -0.25) is 0 Å². The van der Waals surface area contributed by atoms with Gasteiger partial charge < -0.3 is 15.3 Å². The maximum Gasteiger partial charge on any atom is 0.317 e. The molecule has 1 saturated carbocycles. The van der Waals surface area contributed by atoms with Gasteiger partial charge in [-0.25, -0.2) is 4.79 Å². The molecule has 1 fully saturated rings. The summed E-state index contributed by atoms with van der Waals surface area (Å²) in [5, 5.41) is 12.6. The van der Waals surface area contributed by atoms with Crippen LogP contribution in [-0.4, -0.2) is 40.8 Å². The van der Waals surface area contributed by atoms with Gasteiger partial charge in [0.2, 0.25) is 0 Å². The van der Waals surface area contributed by atoms with Crippen molar-refractivity contribution in [3.63, 3.8) is 0 Å². The molecule has 1 unspecified atom stereocenters. The second-order valence-corrected chi connectivity index (χ2v) is 6.09. The lowest BCUT2D eigenvalue weighted by molar-refractivity contribution is 0.116. The Morgan fingerprint density at radius 2 is 1.68 bits per heavy atom. The van der Waals surface area contributed by atoms with E-state index in [0.29, 0.717) is 12.6 Å². The summed E-state index contributed by atoms with van der Waals surface area (Å²) in [6.45, 7) is 6.09. The van der Waals surface area contributed by atoms with Gasteiger partial charge in [0.05, 0.1) is 6.10 Å². The third kappa shape index (κ3) is 6.28. The lowest BCUT2D eigenvalue weighted by Gasteiger charge is -2.31. The first-order valence-electron chi connectivity index (χ1n) is 7.76. The molecule has 1 atom stereocenters. The number of urea groups is 1. The number of hydrogen-bond acceptors (Lipinski definition) is 2. The fourth-order valence-corrected chi connectivity index (χ4v) is 2.67. The summed E-state index contributed by atoms with van der Waals surface area (Å²) < 4.78 is 0. The Morgan fingerprint density at radius 3 is 2.16 bits per heavy atom. The molecule has 0 radical (unpaired) electrons. The Balaban J connectivity index is 2.49. The Morgan fingerprint density at radius 1 is 1.16 bits per heavy atom. The standard InChI is InChI=1S/C15H30N2O2/c1-12(2)17(11-13(3)18)15(19)16-14-9-7-5-4-6-8-10-14/h12-14,18H,4-11H2,1-3H3,(H,16,19). The number of carbonyl (C=O) groups excluding carboxylic acids is 1. The average molecular weight is 270 g/mol. The molecule has 2 amide bonds. The molecule has 4 heteroatoms. The normalized spacial score (nSPS) is 19.6. The molecule has 0 aromatic carbocycles. The summed E-state index contributed by atoms with van der Waals surface area (Å²) in [4.78, 5) is 14.0. The smallest absolute Gasteiger partial charge is 0.317 e. The van der Waals surface area contributed by atoms with E-state index in [4.69, 9.17) is 0 Å². The molecule has 0 saturated heterocycles. The minimum Gasteiger partial charge on any atom is -0.392 e. The van der Waals surface area contributed by atoms with Crippen molar-refractivity contribution in [2.24, 2.45) is 0 Å². The van der Waals surface area contributed by atoms with Gasteiger partial charge in [0.25, 0.3) is 0 Å². The first-order chi connectivity index (χ1) is 9.00. The van der Waals surface area contributed by atoms with E-state index >= 15 is 0 Å². The molecule has 0 aliphatic heterocycles. The zero-order valence-electron chi connectivity index (χ0n) is 12.7. The average Bonchev–Trinajstić information content (AvgIpc) is 2.28. The first-order valence-corrected chi connectivity index (χ1v) is 7.76. The fourth-order valence-electron chi connectivity index (χ4n) is 2.67. The van der Waals surface area contributed by atoms with E-state index in [1.54, 1.807) is 11.8 Å². The first kappa shape index (κ1) is 16.3. The van der Waals surface area contributed by atoms with E-state index < -0.39 is 6.10 Å². The number of hydrogen-bond donors (Lipinski definition) is 2. The molecular weight excluding hydrogens is 240 g/mol. The Bertz CT molecular complexity index is 259. The van der Waals surface area contributed by atoms with Gasteiger partial charge in [-0.2, -0.15) is 0 Å². The number of rotatable bonds is 4. The number of nitrogens with one attached hydrogen (secondary N) is 1. The summed E-state index contributed by atoms with van der Waals surface area (Å²) in [7, 11) is 0. The molecule has 1 rings (SSSR count). The summed E-state index contributed by atoms with van der Waals surface area (Å²) in [5.41, 5.74) is 0. The zero-order chi connectivity index (χ0) is 14.3. The highest BCUT2D eigenvalue weighted by Gasteiger charge is 2.21. The van der Waals surface area contributed by atoms with Crippen LogP contribution < -0.4 is 5.32 Å². The van der Waals surface area contributed by atoms with Crippen molar-refractivity contribution in [2.45, 2.75) is 83.9 Å². The number of carbonyl (C=O) groups is 1. The fraction of sp³-hybridized carbons (Fsp3) is 0.933. The number of aliphatic hydroxyl groups is 1. The Kier molecular flexibility index (Phi) is 7.21. The summed E-state index contributed by atoms with van der Waals surface area (Å²) in [5.74, 6) is 0. The van der Waals surface area contributed by atoms with Gasteiger partial charge in [0.15, 0.2) is 0 Å². The maximum absolute atomic E-state index is 12.3. The molecule has 0 aromatic rings. The molecule has 19 heavy (non-hydrogen) atoms. The van der Waals surface area contributed by atoms with Gasteiger partial charge in [-0.1, -0.05) is 32.1 Å². The van der Waals surface area contributed by atoms with Crippen LogP contribution in [0.4, 0.5) is 4.79 Å². The van der Waals surface area contributed by atoms with Crippen molar-refractivity contribution in [1.82, 2.24) is 10.2 Å². The van der Waals surface area contributed by atoms with Crippen LogP contribution in [0.25, 0.3) is 0 Å². The summed E-state index contributed by atoms with van der Waals surface area (Å²) >= 11 is 0. The molecule has 1 aliphatic rings. The van der Waals surface area contributed by atoms with Crippen molar-refractivity contribution in [2.75, 3.05) is 6.54 Å². The highest BCUT2D eigenvalue weighted by molar-refractivity contribution is 5.74. The topological polar surface area (TPSA) is 52.6 Å². The molecule has 112 valence electrons. The van der Waals surface area contributed by atoms with E-state index in [1.807, 2.05) is 13.8 Å². The summed E-state index contributed by atoms with van der Waals surface area (Å²) in [6.07, 6.45) is 8.03. The molecule has 0 spiro atoms. The van der Waals surface area contributed by atoms with E-state index in [1.165, 1.54) is 32.1 Å². The second kappa shape index (κ2) is 8.41. The van der Waals surface area contributed by atoms with Crippen molar-refractivity contribution in [3.8, 4) is 0 Å². The lowest BCUT2D eigenvalue weighted by atomic mass is 9.97. The highest BCUT2D eigenvalue weighted by Crippen LogP contribution is 2.17. The van der Waals surface area contributed by atoms with Gasteiger partial charge >= 0.3 is 6.03 Å². The molecule has 0 aromatic heterocycles. The molecule has 1 aliphatic carbocycles. The molecule has 0 heterocycles.